The molecule has 3 aromatic carbocycles. The molecular weight excluding hydrogens is 284 g/mol. The van der Waals surface area contributed by atoms with Gasteiger partial charge in [0.05, 0.1) is 13.2 Å². The molecule has 116 valence electrons. The summed E-state index contributed by atoms with van der Waals surface area (Å²) in [6.45, 7) is 1.50. The molecule has 0 spiro atoms. The van der Waals surface area contributed by atoms with Crippen molar-refractivity contribution in [1.82, 2.24) is 0 Å². The second-order valence-corrected chi connectivity index (χ2v) is 5.93. The Morgan fingerprint density at radius 3 is 2.57 bits per heavy atom. The second kappa shape index (κ2) is 5.60. The van der Waals surface area contributed by atoms with Crippen LogP contribution in [0.3, 0.4) is 0 Å². The minimum atomic E-state index is 0.225. The van der Waals surface area contributed by atoms with Gasteiger partial charge < -0.3 is 15.4 Å². The molecule has 23 heavy (non-hydrogen) atoms. The highest BCUT2D eigenvalue weighted by molar-refractivity contribution is 5.88. The van der Waals surface area contributed by atoms with E-state index in [0.29, 0.717) is 6.54 Å². The molecule has 3 aromatic rings. The fraction of sp³-hybridized carbons (Fsp3) is 0.200. The fourth-order valence-corrected chi connectivity index (χ4v) is 3.59. The summed E-state index contributed by atoms with van der Waals surface area (Å²) in [6, 6.07) is 21.5. The van der Waals surface area contributed by atoms with Gasteiger partial charge in [-0.2, -0.15) is 0 Å². The standard InChI is InChI=1S/C20H20N2O/c1-23-16-9-7-15(8-10-16)22-13-19-17-5-3-2-4-14(17)6-11-18(19)20(22)12-21/h2-11,20H,12-13,21H2,1H3. The van der Waals surface area contributed by atoms with Crippen LogP contribution >= 0.6 is 0 Å². The van der Waals surface area contributed by atoms with Crippen LogP contribution < -0.4 is 15.4 Å². The molecule has 0 fully saturated rings. The zero-order chi connectivity index (χ0) is 15.8. The molecule has 1 unspecified atom stereocenters. The van der Waals surface area contributed by atoms with Crippen LogP contribution in [0.15, 0.2) is 60.7 Å². The highest BCUT2D eigenvalue weighted by Gasteiger charge is 2.30. The molecule has 1 aliphatic heterocycles. The lowest BCUT2D eigenvalue weighted by Gasteiger charge is -2.26. The van der Waals surface area contributed by atoms with Gasteiger partial charge in [0, 0.05) is 18.8 Å². The van der Waals surface area contributed by atoms with E-state index in [1.54, 1.807) is 7.11 Å². The normalized spacial score (nSPS) is 16.6. The van der Waals surface area contributed by atoms with Gasteiger partial charge in [-0.3, -0.25) is 0 Å². The van der Waals surface area contributed by atoms with E-state index in [0.717, 1.165) is 12.3 Å². The van der Waals surface area contributed by atoms with Gasteiger partial charge in [0.2, 0.25) is 0 Å². The molecule has 0 saturated carbocycles. The van der Waals surface area contributed by atoms with Crippen molar-refractivity contribution >= 4 is 16.5 Å². The summed E-state index contributed by atoms with van der Waals surface area (Å²) in [5.74, 6) is 0.875. The highest BCUT2D eigenvalue weighted by atomic mass is 16.5. The predicted octanol–water partition coefficient (Wildman–Crippen LogP) is 3.87. The van der Waals surface area contributed by atoms with Gasteiger partial charge in [-0.25, -0.2) is 0 Å². The molecule has 0 amide bonds. The van der Waals surface area contributed by atoms with Gasteiger partial charge in [-0.1, -0.05) is 36.4 Å². The third-order valence-electron chi connectivity index (χ3n) is 4.77. The smallest absolute Gasteiger partial charge is 0.119 e. The number of ether oxygens (including phenoxy) is 1. The predicted molar refractivity (Wildman–Crippen MR) is 94.9 cm³/mol. The molecule has 1 atom stereocenters. The Bertz CT molecular complexity index is 842. The number of nitrogens with two attached hydrogens (primary N) is 1. The number of anilines is 1. The number of hydrogen-bond acceptors (Lipinski definition) is 3. The molecule has 4 rings (SSSR count). The quantitative estimate of drug-likeness (QED) is 0.798. The molecule has 0 radical (unpaired) electrons. The molecule has 3 nitrogen and oxygen atoms in total. The fourth-order valence-electron chi connectivity index (χ4n) is 3.59. The van der Waals surface area contributed by atoms with Gasteiger partial charge in [-0.05, 0) is 46.2 Å². The molecule has 3 heteroatoms. The molecule has 1 aliphatic rings. The summed E-state index contributed by atoms with van der Waals surface area (Å²) in [6.07, 6.45) is 0. The van der Waals surface area contributed by atoms with Crippen LogP contribution in [-0.4, -0.2) is 13.7 Å². The summed E-state index contributed by atoms with van der Waals surface area (Å²) in [4.78, 5) is 2.39. The lowest BCUT2D eigenvalue weighted by atomic mass is 9.98. The van der Waals surface area contributed by atoms with Crippen molar-refractivity contribution in [2.45, 2.75) is 12.6 Å². The monoisotopic (exact) mass is 304 g/mol. The number of rotatable bonds is 3. The maximum atomic E-state index is 6.11. The van der Waals surface area contributed by atoms with Crippen molar-refractivity contribution in [3.05, 3.63) is 71.8 Å². The third kappa shape index (κ3) is 2.25. The van der Waals surface area contributed by atoms with Crippen LogP contribution in [0, 0.1) is 0 Å². The Hall–Kier alpha value is -2.52. The van der Waals surface area contributed by atoms with Crippen LogP contribution in [0.4, 0.5) is 5.69 Å². The van der Waals surface area contributed by atoms with Crippen molar-refractivity contribution in [2.75, 3.05) is 18.6 Å². The van der Waals surface area contributed by atoms with Crippen LogP contribution in [-0.2, 0) is 6.54 Å². The number of nitrogens with zero attached hydrogens (tertiary/aromatic N) is 1. The Balaban J connectivity index is 1.79. The van der Waals surface area contributed by atoms with Crippen LogP contribution in [0.1, 0.15) is 17.2 Å². The Kier molecular flexibility index (Phi) is 3.43. The van der Waals surface area contributed by atoms with Crippen molar-refractivity contribution in [2.24, 2.45) is 5.73 Å². The van der Waals surface area contributed by atoms with E-state index in [9.17, 15) is 0 Å². The average Bonchev–Trinajstić information content (AvgIpc) is 3.00. The first-order chi connectivity index (χ1) is 11.3. The van der Waals surface area contributed by atoms with Gasteiger partial charge in [0.15, 0.2) is 0 Å². The molecular formula is C20H20N2O. The number of benzene rings is 3. The van der Waals surface area contributed by atoms with Crippen molar-refractivity contribution in [3.63, 3.8) is 0 Å². The summed E-state index contributed by atoms with van der Waals surface area (Å²) in [5, 5.41) is 2.62. The maximum absolute atomic E-state index is 6.11. The van der Waals surface area contributed by atoms with Gasteiger partial charge in [-0.15, -0.1) is 0 Å². The molecule has 1 heterocycles. The van der Waals surface area contributed by atoms with E-state index in [1.165, 1.54) is 27.6 Å². The number of fused-ring (bicyclic) bond motifs is 3. The van der Waals surface area contributed by atoms with Gasteiger partial charge in [0.25, 0.3) is 0 Å². The zero-order valence-corrected chi connectivity index (χ0v) is 13.2. The number of hydrogen-bond donors (Lipinski definition) is 1. The number of methoxy groups -OCH3 is 1. The first kappa shape index (κ1) is 14.1. The minimum Gasteiger partial charge on any atom is -0.497 e. The first-order valence-electron chi connectivity index (χ1n) is 7.93. The van der Waals surface area contributed by atoms with Gasteiger partial charge >= 0.3 is 0 Å². The molecule has 0 aromatic heterocycles. The third-order valence-corrected chi connectivity index (χ3v) is 4.77. The topological polar surface area (TPSA) is 38.5 Å². The Labute approximate surface area is 136 Å². The lowest BCUT2D eigenvalue weighted by Crippen LogP contribution is -2.27. The minimum absolute atomic E-state index is 0.225. The SMILES string of the molecule is COc1ccc(N2Cc3c(ccc4ccccc34)C2CN)cc1. The zero-order valence-electron chi connectivity index (χ0n) is 13.2. The summed E-state index contributed by atoms with van der Waals surface area (Å²) >= 11 is 0. The summed E-state index contributed by atoms with van der Waals surface area (Å²) in [7, 11) is 1.69. The second-order valence-electron chi connectivity index (χ2n) is 5.93. The van der Waals surface area contributed by atoms with E-state index in [2.05, 4.69) is 53.4 Å². The summed E-state index contributed by atoms with van der Waals surface area (Å²) < 4.78 is 5.26. The van der Waals surface area contributed by atoms with Gasteiger partial charge in [0.1, 0.15) is 5.75 Å². The lowest BCUT2D eigenvalue weighted by molar-refractivity contribution is 0.415. The van der Waals surface area contributed by atoms with E-state index in [-0.39, 0.29) is 6.04 Å². The van der Waals surface area contributed by atoms with Crippen molar-refractivity contribution in [3.8, 4) is 5.75 Å². The van der Waals surface area contributed by atoms with E-state index in [4.69, 9.17) is 10.5 Å². The van der Waals surface area contributed by atoms with Crippen molar-refractivity contribution in [1.29, 1.82) is 0 Å². The van der Waals surface area contributed by atoms with Crippen molar-refractivity contribution < 1.29 is 4.74 Å². The molecule has 0 saturated heterocycles. The molecule has 0 aliphatic carbocycles. The first-order valence-corrected chi connectivity index (χ1v) is 7.93. The average molecular weight is 304 g/mol. The molecule has 2 N–H and O–H groups in total. The summed E-state index contributed by atoms with van der Waals surface area (Å²) in [5.41, 5.74) is 10.0. The van der Waals surface area contributed by atoms with E-state index in [1.807, 2.05) is 12.1 Å². The highest BCUT2D eigenvalue weighted by Crippen LogP contribution is 2.40. The van der Waals surface area contributed by atoms with E-state index >= 15 is 0 Å². The van der Waals surface area contributed by atoms with Crippen LogP contribution in [0.5, 0.6) is 5.75 Å². The maximum Gasteiger partial charge on any atom is 0.119 e. The molecule has 0 bridgehead atoms. The Morgan fingerprint density at radius 2 is 1.83 bits per heavy atom. The van der Waals surface area contributed by atoms with Crippen LogP contribution in [0.25, 0.3) is 10.8 Å². The van der Waals surface area contributed by atoms with Crippen LogP contribution in [0.2, 0.25) is 0 Å². The Morgan fingerprint density at radius 1 is 1.04 bits per heavy atom. The van der Waals surface area contributed by atoms with E-state index < -0.39 is 0 Å². The largest absolute Gasteiger partial charge is 0.497 e.